The van der Waals surface area contributed by atoms with Gasteiger partial charge in [0.1, 0.15) is 12.3 Å². The van der Waals surface area contributed by atoms with Crippen LogP contribution in [0.25, 0.3) is 0 Å². The molecule has 1 amide bonds. The van der Waals surface area contributed by atoms with Gasteiger partial charge in [-0.1, -0.05) is 29.8 Å². The number of aryl methyl sites for hydroxylation is 1. The van der Waals surface area contributed by atoms with Gasteiger partial charge in [0.15, 0.2) is 0 Å². The molecule has 7 nitrogen and oxygen atoms in total. The van der Waals surface area contributed by atoms with Crippen LogP contribution in [0.4, 0.5) is 5.69 Å². The number of hydrazone groups is 1. The second-order valence-electron chi connectivity index (χ2n) is 6.92. The minimum absolute atomic E-state index is 0.101. The molecule has 0 heterocycles. The third kappa shape index (κ3) is 4.95. The number of carbonyl (C=O) groups excluding carboxylic acids is 1. The molecule has 0 aliphatic heterocycles. The number of amides is 1. The predicted molar refractivity (Wildman–Crippen MR) is 113 cm³/mol. The van der Waals surface area contributed by atoms with Crippen LogP contribution in [-0.2, 0) is 14.8 Å². The van der Waals surface area contributed by atoms with E-state index in [2.05, 4.69) is 10.5 Å². The fourth-order valence-corrected chi connectivity index (χ4v) is 4.61. The highest BCUT2D eigenvalue weighted by Crippen LogP contribution is 2.32. The van der Waals surface area contributed by atoms with E-state index in [1.165, 1.54) is 19.2 Å². The molecule has 0 radical (unpaired) electrons. The van der Waals surface area contributed by atoms with Crippen LogP contribution in [0, 0.1) is 6.92 Å². The summed E-state index contributed by atoms with van der Waals surface area (Å²) in [5.74, 6) is -0.149. The lowest BCUT2D eigenvalue weighted by molar-refractivity contribution is -0.119. The lowest BCUT2D eigenvalue weighted by Gasteiger charge is -2.25. The maximum Gasteiger partial charge on any atom is 0.264 e. The van der Waals surface area contributed by atoms with E-state index < -0.39 is 22.5 Å². The van der Waals surface area contributed by atoms with Crippen LogP contribution in [0.3, 0.4) is 0 Å². The summed E-state index contributed by atoms with van der Waals surface area (Å²) >= 11 is 0. The average Bonchev–Trinajstić information content (AvgIpc) is 3.24. The van der Waals surface area contributed by atoms with Crippen molar-refractivity contribution in [1.82, 2.24) is 5.43 Å². The lowest BCUT2D eigenvalue weighted by Crippen LogP contribution is -2.40. The van der Waals surface area contributed by atoms with Crippen molar-refractivity contribution in [3.8, 4) is 5.75 Å². The van der Waals surface area contributed by atoms with Gasteiger partial charge in [-0.2, -0.15) is 5.10 Å². The molecule has 3 rings (SSSR count). The number of hydrogen-bond donors (Lipinski definition) is 1. The van der Waals surface area contributed by atoms with Gasteiger partial charge in [0.05, 0.1) is 17.7 Å². The van der Waals surface area contributed by atoms with Crippen molar-refractivity contribution in [2.24, 2.45) is 5.10 Å². The number of benzene rings is 2. The molecule has 154 valence electrons. The Labute approximate surface area is 171 Å². The zero-order valence-corrected chi connectivity index (χ0v) is 17.4. The summed E-state index contributed by atoms with van der Waals surface area (Å²) in [5, 5.41) is 4.14. The van der Waals surface area contributed by atoms with E-state index in [9.17, 15) is 13.2 Å². The number of rotatable bonds is 7. The van der Waals surface area contributed by atoms with Gasteiger partial charge in [-0.05, 0) is 56.9 Å². The first-order valence-corrected chi connectivity index (χ1v) is 10.9. The van der Waals surface area contributed by atoms with Crippen molar-refractivity contribution < 1.29 is 17.9 Å². The van der Waals surface area contributed by atoms with E-state index in [1.807, 2.05) is 6.92 Å². The van der Waals surface area contributed by atoms with Crippen LogP contribution in [0.1, 0.15) is 31.2 Å². The van der Waals surface area contributed by atoms with Gasteiger partial charge < -0.3 is 4.74 Å². The van der Waals surface area contributed by atoms with Gasteiger partial charge in [0.25, 0.3) is 15.9 Å². The summed E-state index contributed by atoms with van der Waals surface area (Å²) in [7, 11) is -2.53. The van der Waals surface area contributed by atoms with Crippen LogP contribution in [0.5, 0.6) is 5.75 Å². The Morgan fingerprint density at radius 1 is 1.10 bits per heavy atom. The van der Waals surface area contributed by atoms with Gasteiger partial charge in [0, 0.05) is 5.71 Å². The minimum atomic E-state index is -3.99. The third-order valence-corrected chi connectivity index (χ3v) is 6.54. The standard InChI is InChI=1S/C21H25N3O4S/c1-16-11-13-18(14-12-16)29(26,27)24(19-9-5-6-10-20(19)28-2)15-21(25)23-22-17-7-3-4-8-17/h5-6,9-14H,3-4,7-8,15H2,1-2H3,(H,23,25). The predicted octanol–water partition coefficient (Wildman–Crippen LogP) is 3.25. The van der Waals surface area contributed by atoms with Crippen molar-refractivity contribution in [2.75, 3.05) is 18.0 Å². The van der Waals surface area contributed by atoms with E-state index in [0.717, 1.165) is 41.3 Å². The highest BCUT2D eigenvalue weighted by atomic mass is 32.2. The second-order valence-corrected chi connectivity index (χ2v) is 8.78. The fourth-order valence-electron chi connectivity index (χ4n) is 3.18. The van der Waals surface area contributed by atoms with Crippen molar-refractivity contribution in [2.45, 2.75) is 37.5 Å². The Morgan fingerprint density at radius 3 is 2.41 bits per heavy atom. The zero-order chi connectivity index (χ0) is 20.9. The number of ether oxygens (including phenoxy) is 1. The summed E-state index contributed by atoms with van der Waals surface area (Å²) in [6.45, 7) is 1.47. The Bertz CT molecular complexity index is 993. The van der Waals surface area contributed by atoms with Gasteiger partial charge in [-0.3, -0.25) is 9.10 Å². The van der Waals surface area contributed by atoms with E-state index in [-0.39, 0.29) is 4.90 Å². The number of para-hydroxylation sites is 2. The number of nitrogens with one attached hydrogen (secondary N) is 1. The molecule has 1 aliphatic carbocycles. The molecular weight excluding hydrogens is 390 g/mol. The quantitative estimate of drug-likeness (QED) is 0.703. The van der Waals surface area contributed by atoms with Crippen LogP contribution in [0.15, 0.2) is 58.5 Å². The van der Waals surface area contributed by atoms with Crippen LogP contribution >= 0.6 is 0 Å². The van der Waals surface area contributed by atoms with E-state index in [0.29, 0.717) is 11.4 Å². The largest absolute Gasteiger partial charge is 0.495 e. The molecule has 0 saturated heterocycles. The molecule has 1 saturated carbocycles. The molecular formula is C21H25N3O4S. The SMILES string of the molecule is COc1ccccc1N(CC(=O)NN=C1CCCC1)S(=O)(=O)c1ccc(C)cc1. The first kappa shape index (κ1) is 20.9. The molecule has 8 heteroatoms. The lowest BCUT2D eigenvalue weighted by atomic mass is 10.2. The Hall–Kier alpha value is -2.87. The summed E-state index contributed by atoms with van der Waals surface area (Å²) in [5.41, 5.74) is 4.66. The molecule has 1 fully saturated rings. The maximum atomic E-state index is 13.4. The summed E-state index contributed by atoms with van der Waals surface area (Å²) in [6, 6.07) is 13.2. The molecule has 2 aromatic carbocycles. The first-order valence-electron chi connectivity index (χ1n) is 9.48. The molecule has 1 aliphatic rings. The number of sulfonamides is 1. The van der Waals surface area contributed by atoms with Crippen molar-refractivity contribution >= 4 is 27.3 Å². The van der Waals surface area contributed by atoms with E-state index in [4.69, 9.17) is 4.74 Å². The van der Waals surface area contributed by atoms with Crippen molar-refractivity contribution in [3.63, 3.8) is 0 Å². The van der Waals surface area contributed by atoms with Gasteiger partial charge in [-0.15, -0.1) is 0 Å². The summed E-state index contributed by atoms with van der Waals surface area (Å²) in [6.07, 6.45) is 3.84. The first-order chi connectivity index (χ1) is 13.9. The normalized spacial score (nSPS) is 13.8. The number of carbonyl (C=O) groups is 1. The molecule has 0 bridgehead atoms. The smallest absolute Gasteiger partial charge is 0.264 e. The molecule has 0 atom stereocenters. The molecule has 1 N–H and O–H groups in total. The summed E-state index contributed by atoms with van der Waals surface area (Å²) in [4.78, 5) is 12.7. The highest BCUT2D eigenvalue weighted by molar-refractivity contribution is 7.92. The molecule has 0 spiro atoms. The van der Waals surface area contributed by atoms with Crippen molar-refractivity contribution in [1.29, 1.82) is 0 Å². The molecule has 0 unspecified atom stereocenters. The average molecular weight is 416 g/mol. The monoisotopic (exact) mass is 415 g/mol. The van der Waals surface area contributed by atoms with E-state index >= 15 is 0 Å². The highest BCUT2D eigenvalue weighted by Gasteiger charge is 2.29. The summed E-state index contributed by atoms with van der Waals surface area (Å²) < 4.78 is 33.1. The van der Waals surface area contributed by atoms with Crippen LogP contribution in [-0.4, -0.2) is 33.7 Å². The number of nitrogens with zero attached hydrogens (tertiary/aromatic N) is 2. The second kappa shape index (κ2) is 9.09. The third-order valence-electron chi connectivity index (χ3n) is 4.77. The topological polar surface area (TPSA) is 88.1 Å². The number of methoxy groups -OCH3 is 1. The Balaban J connectivity index is 1.94. The van der Waals surface area contributed by atoms with E-state index in [1.54, 1.807) is 36.4 Å². The maximum absolute atomic E-state index is 13.4. The fraction of sp³-hybridized carbons (Fsp3) is 0.333. The molecule has 0 aromatic heterocycles. The zero-order valence-electron chi connectivity index (χ0n) is 16.6. The van der Waals surface area contributed by atoms with Gasteiger partial charge >= 0.3 is 0 Å². The Morgan fingerprint density at radius 2 is 1.76 bits per heavy atom. The van der Waals surface area contributed by atoms with Gasteiger partial charge in [-0.25, -0.2) is 13.8 Å². The van der Waals surface area contributed by atoms with Gasteiger partial charge in [0.2, 0.25) is 0 Å². The van der Waals surface area contributed by atoms with Crippen molar-refractivity contribution in [3.05, 3.63) is 54.1 Å². The molecule has 29 heavy (non-hydrogen) atoms. The van der Waals surface area contributed by atoms with Crippen LogP contribution in [0.2, 0.25) is 0 Å². The number of anilines is 1. The molecule has 2 aromatic rings. The minimum Gasteiger partial charge on any atom is -0.495 e. The van der Waals surface area contributed by atoms with Crippen LogP contribution < -0.4 is 14.5 Å². The number of hydrogen-bond acceptors (Lipinski definition) is 5. The Kier molecular flexibility index (Phi) is 6.53.